The van der Waals surface area contributed by atoms with Gasteiger partial charge in [-0.25, -0.2) is 4.79 Å². The third-order valence-electron chi connectivity index (χ3n) is 3.75. The summed E-state index contributed by atoms with van der Waals surface area (Å²) in [5, 5.41) is 14.8. The Hall–Kier alpha value is -1.07. The Balaban J connectivity index is 1.56. The molecule has 1 fully saturated rings. The summed E-state index contributed by atoms with van der Waals surface area (Å²) in [5.74, 6) is 0.181. The number of aliphatic hydroxyl groups excluding tert-OH is 1. The number of hydrogen-bond acceptors (Lipinski definition) is 3. The number of rotatable bonds is 5. The minimum atomic E-state index is -0.135. The summed E-state index contributed by atoms with van der Waals surface area (Å²) in [5.41, 5.74) is 0. The van der Waals surface area contributed by atoms with Crippen LogP contribution in [-0.4, -0.2) is 43.0 Å². The van der Waals surface area contributed by atoms with E-state index in [1.807, 2.05) is 12.2 Å². The van der Waals surface area contributed by atoms with E-state index in [9.17, 15) is 4.79 Å². The van der Waals surface area contributed by atoms with Crippen molar-refractivity contribution in [1.82, 2.24) is 10.6 Å². The Morgan fingerprint density at radius 1 is 1.37 bits per heavy atom. The van der Waals surface area contributed by atoms with E-state index in [1.165, 1.54) is 6.42 Å². The molecule has 0 saturated carbocycles. The van der Waals surface area contributed by atoms with Gasteiger partial charge in [-0.2, -0.15) is 0 Å². The Bertz CT molecular complexity index is 314. The smallest absolute Gasteiger partial charge is 0.315 e. The van der Waals surface area contributed by atoms with Crippen molar-refractivity contribution in [3.63, 3.8) is 0 Å². The van der Waals surface area contributed by atoms with Gasteiger partial charge in [-0.05, 0) is 32.1 Å². The molecule has 0 aromatic carbocycles. The second kappa shape index (κ2) is 7.50. The van der Waals surface area contributed by atoms with Gasteiger partial charge in [0.15, 0.2) is 0 Å². The van der Waals surface area contributed by atoms with Gasteiger partial charge in [0, 0.05) is 31.7 Å². The number of aliphatic hydroxyl groups is 1. The number of carbonyl (C=O) groups excluding carboxylic acids is 1. The monoisotopic (exact) mass is 268 g/mol. The van der Waals surface area contributed by atoms with Crippen LogP contribution in [0, 0.1) is 5.92 Å². The normalized spacial score (nSPS) is 30.3. The van der Waals surface area contributed by atoms with Crippen LogP contribution in [0.25, 0.3) is 0 Å². The molecule has 0 bridgehead atoms. The third-order valence-corrected chi connectivity index (χ3v) is 3.75. The zero-order valence-electron chi connectivity index (χ0n) is 11.3. The Morgan fingerprint density at radius 2 is 2.26 bits per heavy atom. The van der Waals surface area contributed by atoms with E-state index in [1.54, 1.807) is 0 Å². The summed E-state index contributed by atoms with van der Waals surface area (Å²) in [7, 11) is 0. The van der Waals surface area contributed by atoms with Crippen LogP contribution >= 0.6 is 0 Å². The first-order valence-electron chi connectivity index (χ1n) is 7.23. The molecule has 1 saturated heterocycles. The fourth-order valence-corrected chi connectivity index (χ4v) is 2.62. The zero-order chi connectivity index (χ0) is 13.5. The van der Waals surface area contributed by atoms with Crippen molar-refractivity contribution in [2.45, 2.75) is 44.2 Å². The van der Waals surface area contributed by atoms with E-state index in [0.29, 0.717) is 12.6 Å². The number of ether oxygens (including phenoxy) is 1. The molecule has 0 spiro atoms. The number of amides is 2. The molecule has 19 heavy (non-hydrogen) atoms. The van der Waals surface area contributed by atoms with Gasteiger partial charge in [0.05, 0.1) is 6.10 Å². The first-order valence-corrected chi connectivity index (χ1v) is 7.23. The quantitative estimate of drug-likeness (QED) is 0.656. The van der Waals surface area contributed by atoms with Crippen LogP contribution in [0.2, 0.25) is 0 Å². The summed E-state index contributed by atoms with van der Waals surface area (Å²) in [4.78, 5) is 11.7. The van der Waals surface area contributed by atoms with E-state index in [-0.39, 0.29) is 24.6 Å². The standard InChI is InChI=1S/C14H24N2O3/c17-10-11-4-5-12(9-11)16-14(18)15-7-6-13-3-1-2-8-19-13/h4-5,11-13,17H,1-3,6-10H2,(H2,15,16,18)/t11-,12+,13?/m0/s1. The van der Waals surface area contributed by atoms with Crippen LogP contribution in [-0.2, 0) is 4.74 Å². The van der Waals surface area contributed by atoms with Gasteiger partial charge in [0.1, 0.15) is 0 Å². The van der Waals surface area contributed by atoms with Crippen molar-refractivity contribution < 1.29 is 14.6 Å². The number of nitrogens with one attached hydrogen (secondary N) is 2. The van der Waals surface area contributed by atoms with Gasteiger partial charge in [0.25, 0.3) is 0 Å². The Morgan fingerprint density at radius 3 is 2.95 bits per heavy atom. The summed E-state index contributed by atoms with van der Waals surface area (Å²) in [6, 6.07) is -0.0906. The second-order valence-corrected chi connectivity index (χ2v) is 5.35. The molecule has 1 aliphatic heterocycles. The molecule has 5 nitrogen and oxygen atoms in total. The van der Waals surface area contributed by atoms with Gasteiger partial charge >= 0.3 is 6.03 Å². The molecular formula is C14H24N2O3. The largest absolute Gasteiger partial charge is 0.396 e. The van der Waals surface area contributed by atoms with E-state index in [4.69, 9.17) is 9.84 Å². The van der Waals surface area contributed by atoms with Gasteiger partial charge in [-0.3, -0.25) is 0 Å². The second-order valence-electron chi connectivity index (χ2n) is 5.35. The molecule has 0 radical (unpaired) electrons. The minimum Gasteiger partial charge on any atom is -0.396 e. The summed E-state index contributed by atoms with van der Waals surface area (Å²) >= 11 is 0. The number of carbonyl (C=O) groups is 1. The van der Waals surface area contributed by atoms with Crippen molar-refractivity contribution in [3.8, 4) is 0 Å². The van der Waals surface area contributed by atoms with Crippen molar-refractivity contribution in [2.75, 3.05) is 19.8 Å². The Labute approximate surface area is 114 Å². The summed E-state index contributed by atoms with van der Waals surface area (Å²) in [6.45, 7) is 1.65. The molecule has 2 amide bonds. The van der Waals surface area contributed by atoms with E-state index < -0.39 is 0 Å². The molecular weight excluding hydrogens is 244 g/mol. The molecule has 1 aliphatic carbocycles. The predicted octanol–water partition coefficient (Wildman–Crippen LogP) is 1.18. The maximum atomic E-state index is 11.7. The fraction of sp³-hybridized carbons (Fsp3) is 0.786. The van der Waals surface area contributed by atoms with Crippen LogP contribution in [0.5, 0.6) is 0 Å². The lowest BCUT2D eigenvalue weighted by Gasteiger charge is -2.22. The topological polar surface area (TPSA) is 70.6 Å². The maximum Gasteiger partial charge on any atom is 0.315 e. The third kappa shape index (κ3) is 4.84. The molecule has 2 aliphatic rings. The molecule has 2 rings (SSSR count). The van der Waals surface area contributed by atoms with E-state index in [0.717, 1.165) is 32.3 Å². The highest BCUT2D eigenvalue weighted by Gasteiger charge is 2.19. The highest BCUT2D eigenvalue weighted by Crippen LogP contribution is 2.17. The summed E-state index contributed by atoms with van der Waals surface area (Å²) in [6.07, 6.45) is 9.37. The van der Waals surface area contributed by atoms with E-state index in [2.05, 4.69) is 10.6 Å². The molecule has 0 aromatic rings. The fourth-order valence-electron chi connectivity index (χ4n) is 2.62. The zero-order valence-corrected chi connectivity index (χ0v) is 11.3. The molecule has 108 valence electrons. The van der Waals surface area contributed by atoms with Crippen LogP contribution < -0.4 is 10.6 Å². The SMILES string of the molecule is O=C(NCCC1CCCCO1)N[C@@H]1C=C[C@H](CO)C1. The van der Waals surface area contributed by atoms with Crippen LogP contribution in [0.3, 0.4) is 0 Å². The first-order chi connectivity index (χ1) is 9.28. The molecule has 5 heteroatoms. The number of hydrogen-bond donors (Lipinski definition) is 3. The summed E-state index contributed by atoms with van der Waals surface area (Å²) < 4.78 is 5.61. The Kier molecular flexibility index (Phi) is 5.66. The maximum absolute atomic E-state index is 11.7. The highest BCUT2D eigenvalue weighted by atomic mass is 16.5. The van der Waals surface area contributed by atoms with Gasteiger partial charge < -0.3 is 20.5 Å². The average Bonchev–Trinajstić information content (AvgIpc) is 2.87. The van der Waals surface area contributed by atoms with Crippen molar-refractivity contribution in [2.24, 2.45) is 5.92 Å². The van der Waals surface area contributed by atoms with Crippen LogP contribution in [0.15, 0.2) is 12.2 Å². The lowest BCUT2D eigenvalue weighted by molar-refractivity contribution is 0.0120. The molecule has 3 N–H and O–H groups in total. The van der Waals surface area contributed by atoms with Crippen molar-refractivity contribution in [1.29, 1.82) is 0 Å². The molecule has 1 unspecified atom stereocenters. The van der Waals surface area contributed by atoms with Gasteiger partial charge in [-0.15, -0.1) is 0 Å². The van der Waals surface area contributed by atoms with Gasteiger partial charge in [0.2, 0.25) is 0 Å². The molecule has 1 heterocycles. The highest BCUT2D eigenvalue weighted by molar-refractivity contribution is 5.74. The lowest BCUT2D eigenvalue weighted by atomic mass is 10.1. The molecule has 3 atom stereocenters. The number of urea groups is 1. The van der Waals surface area contributed by atoms with Crippen LogP contribution in [0.1, 0.15) is 32.1 Å². The van der Waals surface area contributed by atoms with Gasteiger partial charge in [-0.1, -0.05) is 12.2 Å². The lowest BCUT2D eigenvalue weighted by Crippen LogP contribution is -2.42. The molecule has 0 aromatic heterocycles. The van der Waals surface area contributed by atoms with Crippen molar-refractivity contribution in [3.05, 3.63) is 12.2 Å². The first kappa shape index (κ1) is 14.3. The minimum absolute atomic E-state index is 0.0445. The average molecular weight is 268 g/mol. The van der Waals surface area contributed by atoms with E-state index >= 15 is 0 Å². The van der Waals surface area contributed by atoms with Crippen LogP contribution in [0.4, 0.5) is 4.79 Å². The predicted molar refractivity (Wildman–Crippen MR) is 72.9 cm³/mol. The van der Waals surface area contributed by atoms with Crippen molar-refractivity contribution >= 4 is 6.03 Å².